The molecular formula is C16H24BrN. The average Bonchev–Trinajstić information content (AvgIpc) is 2.64. The molecule has 1 saturated carbocycles. The zero-order valence-electron chi connectivity index (χ0n) is 11.3. The van der Waals surface area contributed by atoms with Crippen molar-refractivity contribution in [2.24, 2.45) is 5.92 Å². The number of hydrogen-bond acceptors (Lipinski definition) is 1. The minimum atomic E-state index is 0.672. The quantitative estimate of drug-likeness (QED) is 0.793. The van der Waals surface area contributed by atoms with Crippen molar-refractivity contribution in [2.75, 3.05) is 13.6 Å². The van der Waals surface area contributed by atoms with E-state index in [-0.39, 0.29) is 0 Å². The molecule has 100 valence electrons. The molecular weight excluding hydrogens is 286 g/mol. The second-order valence-corrected chi connectivity index (χ2v) is 6.39. The highest BCUT2D eigenvalue weighted by Crippen LogP contribution is 2.35. The number of benzene rings is 1. The van der Waals surface area contributed by atoms with Gasteiger partial charge < -0.3 is 5.32 Å². The molecule has 0 amide bonds. The Morgan fingerprint density at radius 2 is 1.94 bits per heavy atom. The van der Waals surface area contributed by atoms with Gasteiger partial charge in [-0.25, -0.2) is 0 Å². The normalized spacial score (nSPS) is 19.4. The van der Waals surface area contributed by atoms with E-state index in [1.807, 2.05) is 0 Å². The predicted octanol–water partition coefficient (Wildman–Crippen LogP) is 4.72. The van der Waals surface area contributed by atoms with Gasteiger partial charge in [0.15, 0.2) is 0 Å². The van der Waals surface area contributed by atoms with E-state index >= 15 is 0 Å². The van der Waals surface area contributed by atoms with Crippen molar-refractivity contribution >= 4 is 15.9 Å². The van der Waals surface area contributed by atoms with Crippen LogP contribution >= 0.6 is 15.9 Å². The third kappa shape index (κ3) is 3.83. The van der Waals surface area contributed by atoms with Crippen LogP contribution in [0.1, 0.15) is 50.0 Å². The lowest BCUT2D eigenvalue weighted by molar-refractivity contribution is 0.367. The van der Waals surface area contributed by atoms with Gasteiger partial charge >= 0.3 is 0 Å². The first-order valence-electron chi connectivity index (χ1n) is 7.21. The molecule has 0 heterocycles. The van der Waals surface area contributed by atoms with Gasteiger partial charge in [-0.05, 0) is 49.4 Å². The van der Waals surface area contributed by atoms with Gasteiger partial charge in [0, 0.05) is 11.0 Å². The van der Waals surface area contributed by atoms with Gasteiger partial charge in [-0.1, -0.05) is 53.7 Å². The van der Waals surface area contributed by atoms with Gasteiger partial charge in [-0.15, -0.1) is 0 Å². The van der Waals surface area contributed by atoms with Crippen LogP contribution in [-0.2, 0) is 0 Å². The molecule has 1 nitrogen and oxygen atoms in total. The van der Waals surface area contributed by atoms with Crippen LogP contribution in [0.3, 0.4) is 0 Å². The van der Waals surface area contributed by atoms with Crippen LogP contribution in [0.2, 0.25) is 0 Å². The second kappa shape index (κ2) is 7.30. The molecule has 0 bridgehead atoms. The molecule has 2 heteroatoms. The van der Waals surface area contributed by atoms with Crippen LogP contribution in [-0.4, -0.2) is 13.6 Å². The SMILES string of the molecule is CNCC(c1cccc(Br)c1)C1CCCCCC1. The van der Waals surface area contributed by atoms with Crippen LogP contribution in [0.25, 0.3) is 0 Å². The Bertz CT molecular complexity index is 356. The van der Waals surface area contributed by atoms with Gasteiger partial charge in [0.05, 0.1) is 0 Å². The molecule has 0 saturated heterocycles. The highest BCUT2D eigenvalue weighted by Gasteiger charge is 2.23. The molecule has 1 aliphatic rings. The summed E-state index contributed by atoms with van der Waals surface area (Å²) in [6.45, 7) is 1.10. The van der Waals surface area contributed by atoms with Gasteiger partial charge in [0.2, 0.25) is 0 Å². The average molecular weight is 310 g/mol. The van der Waals surface area contributed by atoms with Crippen LogP contribution in [0, 0.1) is 5.92 Å². The predicted molar refractivity (Wildman–Crippen MR) is 82.0 cm³/mol. The summed E-state index contributed by atoms with van der Waals surface area (Å²) in [7, 11) is 2.07. The molecule has 18 heavy (non-hydrogen) atoms. The van der Waals surface area contributed by atoms with Crippen molar-refractivity contribution in [1.29, 1.82) is 0 Å². The molecule has 1 aromatic carbocycles. The van der Waals surface area contributed by atoms with Gasteiger partial charge in [-0.2, -0.15) is 0 Å². The smallest absolute Gasteiger partial charge is 0.0178 e. The van der Waals surface area contributed by atoms with Crippen LogP contribution < -0.4 is 5.32 Å². The first kappa shape index (κ1) is 14.1. The van der Waals surface area contributed by atoms with Crippen molar-refractivity contribution in [2.45, 2.75) is 44.4 Å². The van der Waals surface area contributed by atoms with Crippen molar-refractivity contribution < 1.29 is 0 Å². The Labute approximate surface area is 119 Å². The van der Waals surface area contributed by atoms with E-state index in [4.69, 9.17) is 0 Å². The molecule has 0 aliphatic heterocycles. The van der Waals surface area contributed by atoms with Crippen LogP contribution in [0.4, 0.5) is 0 Å². The Balaban J connectivity index is 2.15. The van der Waals surface area contributed by atoms with E-state index in [1.54, 1.807) is 0 Å². The lowest BCUT2D eigenvalue weighted by atomic mass is 9.81. The molecule has 0 spiro atoms. The van der Waals surface area contributed by atoms with Gasteiger partial charge in [-0.3, -0.25) is 0 Å². The Kier molecular flexibility index (Phi) is 5.71. The lowest BCUT2D eigenvalue weighted by Crippen LogP contribution is -2.24. The molecule has 1 aliphatic carbocycles. The fourth-order valence-electron chi connectivity index (χ4n) is 3.23. The Morgan fingerprint density at radius 3 is 2.56 bits per heavy atom. The maximum atomic E-state index is 3.60. The largest absolute Gasteiger partial charge is 0.319 e. The van der Waals surface area contributed by atoms with Crippen LogP contribution in [0.5, 0.6) is 0 Å². The standard InChI is InChI=1S/C16H24BrN/c1-18-12-16(13-7-4-2-3-5-8-13)14-9-6-10-15(17)11-14/h6,9-11,13,16,18H,2-5,7-8,12H2,1H3. The van der Waals surface area contributed by atoms with Crippen molar-refractivity contribution in [3.05, 3.63) is 34.3 Å². The molecule has 0 aromatic heterocycles. The molecule has 1 N–H and O–H groups in total. The van der Waals surface area contributed by atoms with Gasteiger partial charge in [0.25, 0.3) is 0 Å². The third-order valence-electron chi connectivity index (χ3n) is 4.17. The molecule has 1 atom stereocenters. The lowest BCUT2D eigenvalue weighted by Gasteiger charge is -2.26. The first-order chi connectivity index (χ1) is 8.81. The number of hydrogen-bond donors (Lipinski definition) is 1. The Morgan fingerprint density at radius 1 is 1.22 bits per heavy atom. The second-order valence-electron chi connectivity index (χ2n) is 5.47. The number of nitrogens with one attached hydrogen (secondary N) is 1. The van der Waals surface area contributed by atoms with E-state index in [1.165, 1.54) is 48.6 Å². The summed E-state index contributed by atoms with van der Waals surface area (Å²) in [4.78, 5) is 0. The van der Waals surface area contributed by atoms with Crippen LogP contribution in [0.15, 0.2) is 28.7 Å². The fraction of sp³-hybridized carbons (Fsp3) is 0.625. The topological polar surface area (TPSA) is 12.0 Å². The Hall–Kier alpha value is -0.340. The summed E-state index contributed by atoms with van der Waals surface area (Å²) in [6.07, 6.45) is 8.50. The zero-order valence-corrected chi connectivity index (χ0v) is 12.9. The summed E-state index contributed by atoms with van der Waals surface area (Å²) in [5.74, 6) is 1.53. The molecule has 2 rings (SSSR count). The summed E-state index contributed by atoms with van der Waals surface area (Å²) in [5.41, 5.74) is 1.49. The summed E-state index contributed by atoms with van der Waals surface area (Å²) in [6, 6.07) is 8.87. The highest BCUT2D eigenvalue weighted by atomic mass is 79.9. The highest BCUT2D eigenvalue weighted by molar-refractivity contribution is 9.10. The summed E-state index contributed by atoms with van der Waals surface area (Å²) in [5, 5.41) is 3.39. The first-order valence-corrected chi connectivity index (χ1v) is 8.00. The van der Waals surface area contributed by atoms with Crippen molar-refractivity contribution in [3.63, 3.8) is 0 Å². The van der Waals surface area contributed by atoms with Crippen molar-refractivity contribution in [3.8, 4) is 0 Å². The number of rotatable bonds is 4. The minimum Gasteiger partial charge on any atom is -0.319 e. The maximum Gasteiger partial charge on any atom is 0.0178 e. The minimum absolute atomic E-state index is 0.672. The molecule has 1 fully saturated rings. The molecule has 0 radical (unpaired) electrons. The molecule has 1 unspecified atom stereocenters. The monoisotopic (exact) mass is 309 g/mol. The molecule has 1 aromatic rings. The van der Waals surface area contributed by atoms with E-state index in [9.17, 15) is 0 Å². The third-order valence-corrected chi connectivity index (χ3v) is 4.66. The van der Waals surface area contributed by atoms with Gasteiger partial charge in [0.1, 0.15) is 0 Å². The number of halogens is 1. The fourth-order valence-corrected chi connectivity index (χ4v) is 3.64. The van der Waals surface area contributed by atoms with E-state index in [0.29, 0.717) is 5.92 Å². The van der Waals surface area contributed by atoms with E-state index in [2.05, 4.69) is 52.6 Å². The van der Waals surface area contributed by atoms with E-state index < -0.39 is 0 Å². The summed E-state index contributed by atoms with van der Waals surface area (Å²) < 4.78 is 1.20. The summed E-state index contributed by atoms with van der Waals surface area (Å²) >= 11 is 3.60. The van der Waals surface area contributed by atoms with Crippen molar-refractivity contribution in [1.82, 2.24) is 5.32 Å². The zero-order chi connectivity index (χ0) is 12.8. The maximum absolute atomic E-state index is 3.60. The number of likely N-dealkylation sites (N-methyl/N-ethyl adjacent to an activating group) is 1. The van der Waals surface area contributed by atoms with E-state index in [0.717, 1.165) is 12.5 Å².